The smallest absolute Gasteiger partial charge is 0.269 e. The summed E-state index contributed by atoms with van der Waals surface area (Å²) in [6.45, 7) is 0. The van der Waals surface area contributed by atoms with Gasteiger partial charge in [0.1, 0.15) is 0 Å². The van der Waals surface area contributed by atoms with Gasteiger partial charge < -0.3 is 4.90 Å². The molecule has 0 aliphatic carbocycles. The summed E-state index contributed by atoms with van der Waals surface area (Å²) in [5.41, 5.74) is 0.651. The Bertz CT molecular complexity index is 942. The number of hydrogen-bond acceptors (Lipinski definition) is 5. The van der Waals surface area contributed by atoms with Crippen LogP contribution in [-0.4, -0.2) is 36.8 Å². The third kappa shape index (κ3) is 3.86. The Morgan fingerprint density at radius 1 is 1.12 bits per heavy atom. The molecule has 2 aromatic carbocycles. The van der Waals surface area contributed by atoms with E-state index < -0.39 is 26.7 Å². The zero-order valence-electron chi connectivity index (χ0n) is 13.5. The highest BCUT2D eigenvalue weighted by molar-refractivity contribution is 7.91. The third-order valence-corrected chi connectivity index (χ3v) is 6.22. The molecule has 1 amide bonds. The Balaban J connectivity index is 1.98. The predicted octanol–water partition coefficient (Wildman–Crippen LogP) is 3.08. The second-order valence-electron chi connectivity index (χ2n) is 6.01. The van der Waals surface area contributed by atoms with Gasteiger partial charge in [0.25, 0.3) is 11.6 Å². The van der Waals surface area contributed by atoms with Gasteiger partial charge in [0, 0.05) is 28.4 Å². The fourth-order valence-corrected chi connectivity index (χ4v) is 4.77. The number of rotatable bonds is 4. The van der Waals surface area contributed by atoms with Crippen molar-refractivity contribution in [3.05, 3.63) is 69.2 Å². The molecule has 1 unspecified atom stereocenters. The first kappa shape index (κ1) is 18.3. The van der Waals surface area contributed by atoms with Crippen molar-refractivity contribution in [3.8, 4) is 0 Å². The van der Waals surface area contributed by atoms with Crippen LogP contribution in [0, 0.1) is 10.1 Å². The zero-order chi connectivity index (χ0) is 18.9. The van der Waals surface area contributed by atoms with E-state index in [1.165, 1.54) is 29.2 Å². The van der Waals surface area contributed by atoms with Crippen LogP contribution in [0.1, 0.15) is 16.8 Å². The van der Waals surface area contributed by atoms with Crippen molar-refractivity contribution in [2.75, 3.05) is 16.4 Å². The standard InChI is InChI=1S/C17H15ClN2O5S/c18-13-3-7-14(8-4-13)19(16-9-10-26(24,25)11-16)17(21)12-1-5-15(6-2-12)20(22)23/h1-8,16H,9-11H2. The number of benzene rings is 2. The molecule has 1 atom stereocenters. The number of sulfone groups is 1. The topological polar surface area (TPSA) is 97.6 Å². The second-order valence-corrected chi connectivity index (χ2v) is 8.68. The number of nitro groups is 1. The van der Waals surface area contributed by atoms with Gasteiger partial charge in [-0.25, -0.2) is 8.42 Å². The van der Waals surface area contributed by atoms with Crippen LogP contribution in [0.25, 0.3) is 0 Å². The van der Waals surface area contributed by atoms with Gasteiger partial charge in [-0.2, -0.15) is 0 Å². The summed E-state index contributed by atoms with van der Waals surface area (Å²) in [6, 6.07) is 11.3. The largest absolute Gasteiger partial charge is 0.304 e. The average molecular weight is 395 g/mol. The number of amides is 1. The second kappa shape index (κ2) is 7.05. The predicted molar refractivity (Wildman–Crippen MR) is 98.4 cm³/mol. The van der Waals surface area contributed by atoms with Gasteiger partial charge in [-0.3, -0.25) is 14.9 Å². The fraction of sp³-hybridized carbons (Fsp3) is 0.235. The molecule has 136 valence electrons. The SMILES string of the molecule is O=C(c1ccc([N+](=O)[O-])cc1)N(c1ccc(Cl)cc1)C1CCS(=O)(=O)C1. The Hall–Kier alpha value is -2.45. The molecule has 0 saturated carbocycles. The molecule has 3 rings (SSSR count). The summed E-state index contributed by atoms with van der Waals surface area (Å²) in [4.78, 5) is 24.7. The van der Waals surface area contributed by atoms with Crippen molar-refractivity contribution >= 4 is 38.7 Å². The molecule has 7 nitrogen and oxygen atoms in total. The lowest BCUT2D eigenvalue weighted by Gasteiger charge is -2.28. The lowest BCUT2D eigenvalue weighted by Crippen LogP contribution is -2.41. The highest BCUT2D eigenvalue weighted by Crippen LogP contribution is 2.28. The minimum atomic E-state index is -3.20. The molecule has 9 heteroatoms. The Kier molecular flexibility index (Phi) is 4.97. The lowest BCUT2D eigenvalue weighted by atomic mass is 10.1. The van der Waals surface area contributed by atoms with Crippen LogP contribution in [0.4, 0.5) is 11.4 Å². The highest BCUT2D eigenvalue weighted by atomic mass is 35.5. The molecule has 1 fully saturated rings. The normalized spacial score (nSPS) is 18.4. The van der Waals surface area contributed by atoms with Crippen molar-refractivity contribution in [3.63, 3.8) is 0 Å². The van der Waals surface area contributed by atoms with E-state index in [-0.39, 0.29) is 22.8 Å². The summed E-state index contributed by atoms with van der Waals surface area (Å²) in [6.07, 6.45) is 0.337. The molecular weight excluding hydrogens is 380 g/mol. The zero-order valence-corrected chi connectivity index (χ0v) is 15.1. The molecule has 0 N–H and O–H groups in total. The van der Waals surface area contributed by atoms with E-state index in [4.69, 9.17) is 11.6 Å². The van der Waals surface area contributed by atoms with Crippen molar-refractivity contribution in [2.45, 2.75) is 12.5 Å². The average Bonchev–Trinajstić information content (AvgIpc) is 2.96. The van der Waals surface area contributed by atoms with Crippen molar-refractivity contribution in [1.82, 2.24) is 0 Å². The van der Waals surface area contributed by atoms with Crippen molar-refractivity contribution in [1.29, 1.82) is 0 Å². The number of nitro benzene ring substituents is 1. The third-order valence-electron chi connectivity index (χ3n) is 4.22. The quantitative estimate of drug-likeness (QED) is 0.586. The molecule has 1 heterocycles. The summed E-state index contributed by atoms with van der Waals surface area (Å²) < 4.78 is 23.8. The highest BCUT2D eigenvalue weighted by Gasteiger charge is 2.36. The van der Waals surface area contributed by atoms with Gasteiger partial charge >= 0.3 is 0 Å². The summed E-state index contributed by atoms with van der Waals surface area (Å²) in [5, 5.41) is 11.3. The summed E-state index contributed by atoms with van der Waals surface area (Å²) in [5.74, 6) is -0.506. The van der Waals surface area contributed by atoms with E-state index in [0.29, 0.717) is 17.1 Å². The molecule has 0 spiro atoms. The molecule has 0 aromatic heterocycles. The van der Waals surface area contributed by atoms with Gasteiger partial charge in [0.15, 0.2) is 9.84 Å². The number of anilines is 1. The Morgan fingerprint density at radius 3 is 2.23 bits per heavy atom. The number of hydrogen-bond donors (Lipinski definition) is 0. The maximum Gasteiger partial charge on any atom is 0.269 e. The van der Waals surface area contributed by atoms with E-state index in [9.17, 15) is 23.3 Å². The first-order valence-corrected chi connectivity index (χ1v) is 10.0. The monoisotopic (exact) mass is 394 g/mol. The lowest BCUT2D eigenvalue weighted by molar-refractivity contribution is -0.384. The number of non-ortho nitro benzene ring substituents is 1. The maximum absolute atomic E-state index is 13.0. The first-order chi connectivity index (χ1) is 12.3. The van der Waals surface area contributed by atoms with Crippen LogP contribution in [0.15, 0.2) is 48.5 Å². The van der Waals surface area contributed by atoms with Crippen LogP contribution >= 0.6 is 11.6 Å². The minimum Gasteiger partial charge on any atom is -0.304 e. The van der Waals surface area contributed by atoms with Gasteiger partial charge in [-0.15, -0.1) is 0 Å². The fourth-order valence-electron chi connectivity index (χ4n) is 2.94. The van der Waals surface area contributed by atoms with Crippen LogP contribution in [-0.2, 0) is 9.84 Å². The Labute approximate surface area is 155 Å². The van der Waals surface area contributed by atoms with Crippen molar-refractivity contribution < 1.29 is 18.1 Å². The van der Waals surface area contributed by atoms with Gasteiger partial charge in [-0.05, 0) is 42.8 Å². The summed E-state index contributed by atoms with van der Waals surface area (Å²) >= 11 is 5.90. The molecule has 1 aliphatic heterocycles. The maximum atomic E-state index is 13.0. The van der Waals surface area contributed by atoms with Gasteiger partial charge in [0.05, 0.1) is 22.5 Å². The van der Waals surface area contributed by atoms with Crippen molar-refractivity contribution in [2.24, 2.45) is 0 Å². The molecular formula is C17H15ClN2O5S. The summed E-state index contributed by atoms with van der Waals surface area (Å²) in [7, 11) is -3.20. The number of carbonyl (C=O) groups excluding carboxylic acids is 1. The van der Waals surface area contributed by atoms with E-state index in [1.807, 2.05) is 0 Å². The number of nitrogens with zero attached hydrogens (tertiary/aromatic N) is 2. The first-order valence-electron chi connectivity index (χ1n) is 7.81. The van der Waals surface area contributed by atoms with Gasteiger partial charge in [0.2, 0.25) is 0 Å². The molecule has 26 heavy (non-hydrogen) atoms. The minimum absolute atomic E-state index is 0.0231. The number of halogens is 1. The Morgan fingerprint density at radius 2 is 1.73 bits per heavy atom. The van der Waals surface area contributed by atoms with Gasteiger partial charge in [-0.1, -0.05) is 11.6 Å². The van der Waals surface area contributed by atoms with E-state index in [1.54, 1.807) is 24.3 Å². The van der Waals surface area contributed by atoms with E-state index in [0.717, 1.165) is 0 Å². The van der Waals surface area contributed by atoms with E-state index in [2.05, 4.69) is 0 Å². The molecule has 2 aromatic rings. The molecule has 1 aliphatic rings. The number of carbonyl (C=O) groups is 1. The van der Waals surface area contributed by atoms with E-state index >= 15 is 0 Å². The van der Waals surface area contributed by atoms with Crippen LogP contribution < -0.4 is 4.90 Å². The molecule has 0 radical (unpaired) electrons. The molecule has 1 saturated heterocycles. The van der Waals surface area contributed by atoms with Crippen LogP contribution in [0.5, 0.6) is 0 Å². The van der Waals surface area contributed by atoms with Crippen LogP contribution in [0.3, 0.4) is 0 Å². The van der Waals surface area contributed by atoms with Crippen LogP contribution in [0.2, 0.25) is 5.02 Å². The molecule has 0 bridgehead atoms.